The third kappa shape index (κ3) is 4.43. The van der Waals surface area contributed by atoms with Crippen LogP contribution in [0.3, 0.4) is 0 Å². The number of benzene rings is 2. The van der Waals surface area contributed by atoms with E-state index < -0.39 is 0 Å². The summed E-state index contributed by atoms with van der Waals surface area (Å²) in [5.41, 5.74) is 1.50. The Hall–Kier alpha value is -2.64. The number of para-hydroxylation sites is 1. The van der Waals surface area contributed by atoms with Gasteiger partial charge in [-0.15, -0.1) is 0 Å². The minimum atomic E-state index is -0.318. The standard InChI is InChI=1S/C21H24N2O4S/c1-4-26-17-11-10-15(14-18(17)27-5-2)20(24)22-21-23(12-13-25-3)16-8-6-7-9-19(16)28-21/h6-11,14H,4-5,12-13H2,1-3H3. The zero-order chi connectivity index (χ0) is 19.9. The molecular weight excluding hydrogens is 376 g/mol. The number of amides is 1. The highest BCUT2D eigenvalue weighted by Gasteiger charge is 2.13. The van der Waals surface area contributed by atoms with Crippen LogP contribution in [0.2, 0.25) is 0 Å². The molecule has 0 unspecified atom stereocenters. The van der Waals surface area contributed by atoms with Crippen molar-refractivity contribution in [2.75, 3.05) is 26.9 Å². The van der Waals surface area contributed by atoms with E-state index in [0.29, 0.717) is 48.2 Å². The molecule has 6 nitrogen and oxygen atoms in total. The van der Waals surface area contributed by atoms with E-state index in [0.717, 1.165) is 10.2 Å². The zero-order valence-electron chi connectivity index (χ0n) is 16.3. The predicted octanol–water partition coefficient (Wildman–Crippen LogP) is 3.89. The second kappa shape index (κ2) is 9.52. The Kier molecular flexibility index (Phi) is 6.84. The number of ether oxygens (including phenoxy) is 3. The molecule has 0 fully saturated rings. The van der Waals surface area contributed by atoms with Crippen LogP contribution in [0.15, 0.2) is 47.5 Å². The summed E-state index contributed by atoms with van der Waals surface area (Å²) >= 11 is 1.49. The Labute approximate surface area is 168 Å². The van der Waals surface area contributed by atoms with Crippen molar-refractivity contribution in [1.82, 2.24) is 4.57 Å². The zero-order valence-corrected chi connectivity index (χ0v) is 17.1. The fourth-order valence-corrected chi connectivity index (χ4v) is 3.89. The maximum atomic E-state index is 12.8. The first-order valence-electron chi connectivity index (χ1n) is 9.24. The van der Waals surface area contributed by atoms with Crippen molar-refractivity contribution in [3.63, 3.8) is 0 Å². The molecule has 0 radical (unpaired) electrons. The summed E-state index contributed by atoms with van der Waals surface area (Å²) < 4.78 is 19.5. The molecule has 0 spiro atoms. The van der Waals surface area contributed by atoms with Gasteiger partial charge in [0.1, 0.15) is 0 Å². The molecule has 0 aliphatic carbocycles. The van der Waals surface area contributed by atoms with Gasteiger partial charge in [0.25, 0.3) is 5.91 Å². The van der Waals surface area contributed by atoms with Crippen LogP contribution in [0.1, 0.15) is 24.2 Å². The molecule has 1 aromatic heterocycles. The van der Waals surface area contributed by atoms with Gasteiger partial charge in [-0.05, 0) is 44.2 Å². The topological polar surface area (TPSA) is 62.0 Å². The number of fused-ring (bicyclic) bond motifs is 1. The number of hydrogen-bond donors (Lipinski definition) is 0. The van der Waals surface area contributed by atoms with Gasteiger partial charge in [-0.25, -0.2) is 0 Å². The Balaban J connectivity index is 2.01. The lowest BCUT2D eigenvalue weighted by Gasteiger charge is -2.11. The molecule has 0 aliphatic rings. The van der Waals surface area contributed by atoms with Crippen molar-refractivity contribution >= 4 is 27.5 Å². The lowest BCUT2D eigenvalue weighted by Crippen LogP contribution is -2.19. The van der Waals surface area contributed by atoms with E-state index >= 15 is 0 Å². The van der Waals surface area contributed by atoms with E-state index in [-0.39, 0.29) is 5.91 Å². The van der Waals surface area contributed by atoms with Crippen molar-refractivity contribution in [2.45, 2.75) is 20.4 Å². The first-order chi connectivity index (χ1) is 13.7. The summed E-state index contributed by atoms with van der Waals surface area (Å²) in [4.78, 5) is 17.9. The molecule has 0 saturated carbocycles. The van der Waals surface area contributed by atoms with Crippen molar-refractivity contribution < 1.29 is 19.0 Å². The summed E-state index contributed by atoms with van der Waals surface area (Å²) in [6.07, 6.45) is 0. The molecule has 1 amide bonds. The normalized spacial score (nSPS) is 11.8. The minimum absolute atomic E-state index is 0.318. The van der Waals surface area contributed by atoms with Gasteiger partial charge in [-0.2, -0.15) is 4.99 Å². The van der Waals surface area contributed by atoms with E-state index in [2.05, 4.69) is 4.99 Å². The molecule has 0 aliphatic heterocycles. The predicted molar refractivity (Wildman–Crippen MR) is 110 cm³/mol. The number of nitrogens with zero attached hydrogens (tertiary/aromatic N) is 2. The summed E-state index contributed by atoms with van der Waals surface area (Å²) in [5, 5.41) is 0. The smallest absolute Gasteiger partial charge is 0.279 e. The molecule has 0 saturated heterocycles. The third-order valence-corrected chi connectivity index (χ3v) is 5.15. The number of methoxy groups -OCH3 is 1. The number of aromatic nitrogens is 1. The minimum Gasteiger partial charge on any atom is -0.490 e. The number of thiazole rings is 1. The SMILES string of the molecule is CCOc1ccc(C(=O)N=c2sc3ccccc3n2CCOC)cc1OCC. The van der Waals surface area contributed by atoms with Crippen LogP contribution in [0.5, 0.6) is 11.5 Å². The molecular formula is C21H24N2O4S. The van der Waals surface area contributed by atoms with Gasteiger partial charge < -0.3 is 18.8 Å². The summed E-state index contributed by atoms with van der Waals surface area (Å²) in [6, 6.07) is 13.2. The van der Waals surface area contributed by atoms with Gasteiger partial charge in [0.2, 0.25) is 0 Å². The number of hydrogen-bond acceptors (Lipinski definition) is 5. The van der Waals surface area contributed by atoms with Gasteiger partial charge >= 0.3 is 0 Å². The molecule has 3 aromatic rings. The fraction of sp³-hybridized carbons (Fsp3) is 0.333. The number of carbonyl (C=O) groups excluding carboxylic acids is 1. The Morgan fingerprint density at radius 1 is 1.07 bits per heavy atom. The van der Waals surface area contributed by atoms with Crippen molar-refractivity contribution in [1.29, 1.82) is 0 Å². The van der Waals surface area contributed by atoms with Crippen LogP contribution in [0.4, 0.5) is 0 Å². The summed E-state index contributed by atoms with van der Waals surface area (Å²) in [7, 11) is 1.66. The second-order valence-corrected chi connectivity index (χ2v) is 6.95. The van der Waals surface area contributed by atoms with Crippen LogP contribution >= 0.6 is 11.3 Å². The van der Waals surface area contributed by atoms with E-state index in [1.54, 1.807) is 25.3 Å². The Morgan fingerprint density at radius 3 is 2.57 bits per heavy atom. The highest BCUT2D eigenvalue weighted by Crippen LogP contribution is 2.29. The Bertz CT molecular complexity index is 1020. The van der Waals surface area contributed by atoms with Gasteiger partial charge in [-0.3, -0.25) is 4.79 Å². The number of rotatable bonds is 8. The van der Waals surface area contributed by atoms with Gasteiger partial charge in [-0.1, -0.05) is 23.5 Å². The largest absolute Gasteiger partial charge is 0.490 e. The van der Waals surface area contributed by atoms with Crippen LogP contribution < -0.4 is 14.3 Å². The van der Waals surface area contributed by atoms with Crippen LogP contribution in [-0.2, 0) is 11.3 Å². The van der Waals surface area contributed by atoms with E-state index in [1.807, 2.05) is 42.7 Å². The average Bonchev–Trinajstić information content (AvgIpc) is 3.05. The molecule has 0 atom stereocenters. The van der Waals surface area contributed by atoms with Gasteiger partial charge in [0.15, 0.2) is 16.3 Å². The monoisotopic (exact) mass is 400 g/mol. The maximum absolute atomic E-state index is 12.8. The summed E-state index contributed by atoms with van der Waals surface area (Å²) in [5.74, 6) is 0.855. The van der Waals surface area contributed by atoms with E-state index in [4.69, 9.17) is 14.2 Å². The first-order valence-corrected chi connectivity index (χ1v) is 10.1. The molecule has 0 bridgehead atoms. The molecule has 1 heterocycles. The maximum Gasteiger partial charge on any atom is 0.279 e. The van der Waals surface area contributed by atoms with Crippen LogP contribution in [-0.4, -0.2) is 37.4 Å². The lowest BCUT2D eigenvalue weighted by atomic mass is 10.2. The first kappa shape index (κ1) is 20.1. The van der Waals surface area contributed by atoms with Gasteiger partial charge in [0, 0.05) is 19.2 Å². The van der Waals surface area contributed by atoms with E-state index in [1.165, 1.54) is 11.3 Å². The van der Waals surface area contributed by atoms with Crippen molar-refractivity contribution in [3.05, 3.63) is 52.8 Å². The summed E-state index contributed by atoms with van der Waals surface area (Å²) in [6.45, 7) is 5.98. The third-order valence-electron chi connectivity index (χ3n) is 4.09. The molecule has 148 valence electrons. The second-order valence-electron chi connectivity index (χ2n) is 5.94. The average molecular weight is 401 g/mol. The Morgan fingerprint density at radius 2 is 1.82 bits per heavy atom. The van der Waals surface area contributed by atoms with Crippen LogP contribution in [0, 0.1) is 0 Å². The number of carbonyl (C=O) groups is 1. The fourth-order valence-electron chi connectivity index (χ4n) is 2.84. The van der Waals surface area contributed by atoms with Crippen molar-refractivity contribution in [3.8, 4) is 11.5 Å². The molecule has 2 aromatic carbocycles. The molecule has 7 heteroatoms. The lowest BCUT2D eigenvalue weighted by molar-refractivity contribution is 0.0997. The quantitative estimate of drug-likeness (QED) is 0.576. The highest BCUT2D eigenvalue weighted by molar-refractivity contribution is 7.16. The van der Waals surface area contributed by atoms with Crippen molar-refractivity contribution in [2.24, 2.45) is 4.99 Å². The molecule has 0 N–H and O–H groups in total. The molecule has 3 rings (SSSR count). The highest BCUT2D eigenvalue weighted by atomic mass is 32.1. The molecule has 28 heavy (non-hydrogen) atoms. The van der Waals surface area contributed by atoms with Crippen LogP contribution in [0.25, 0.3) is 10.2 Å². The van der Waals surface area contributed by atoms with Gasteiger partial charge in [0.05, 0.1) is 30.0 Å². The van der Waals surface area contributed by atoms with E-state index in [9.17, 15) is 4.79 Å².